The summed E-state index contributed by atoms with van der Waals surface area (Å²) in [6.07, 6.45) is -2.19. The Labute approximate surface area is 257 Å². The van der Waals surface area contributed by atoms with Crippen LogP contribution in [0.15, 0.2) is 52.3 Å². The molecule has 2 N–H and O–H groups in total. The van der Waals surface area contributed by atoms with E-state index in [1.165, 1.54) is 27.1 Å². The molecule has 1 amide bonds. The summed E-state index contributed by atoms with van der Waals surface area (Å²) in [6.45, 7) is -0.570. The lowest BCUT2D eigenvalue weighted by Crippen LogP contribution is -2.55. The maximum absolute atomic E-state index is 14.0. The van der Waals surface area contributed by atoms with Crippen molar-refractivity contribution in [2.24, 2.45) is 0 Å². The lowest BCUT2D eigenvalue weighted by molar-refractivity contribution is -0.196. The van der Waals surface area contributed by atoms with Gasteiger partial charge in [0.1, 0.15) is 35.5 Å². The second-order valence-electron chi connectivity index (χ2n) is 9.76. The Morgan fingerprint density at radius 1 is 1.23 bits per heavy atom. The Kier molecular flexibility index (Phi) is 9.70. The van der Waals surface area contributed by atoms with E-state index in [4.69, 9.17) is 21.1 Å². The molecule has 1 saturated heterocycles. The summed E-state index contributed by atoms with van der Waals surface area (Å²) >= 11 is 8.75. The number of amides is 1. The molecular weight excluding hydrogens is 631 g/mol. The standard InChI is InChI=1S/C27H25ClF3N5O5S2/c1-35(2)26(39)16-4-3-14(28)7-21(16)43-27-25(40-10-15-11-42-12-32-15)23(24(38)20(9-37)41-27)36-8-19(33-34-36)13-5-17(29)22(31)18(30)6-13/h3-8,11-12,20,23-25,27,37-38H,9-10H2,1-2H3/t20?,23-,24-,25?,27+/m0/s1. The summed E-state index contributed by atoms with van der Waals surface area (Å²) in [4.78, 5) is 19.1. The van der Waals surface area contributed by atoms with Gasteiger partial charge in [0.15, 0.2) is 17.5 Å². The fraction of sp³-hybridized carbons (Fsp3) is 0.333. The molecule has 43 heavy (non-hydrogen) atoms. The third-order valence-corrected chi connectivity index (χ3v) is 8.72. The molecule has 1 fully saturated rings. The van der Waals surface area contributed by atoms with Gasteiger partial charge < -0.3 is 24.6 Å². The number of hydrogen-bond acceptors (Lipinski definition) is 10. The van der Waals surface area contributed by atoms with Crippen LogP contribution in [-0.4, -0.2) is 85.4 Å². The molecule has 4 aromatic rings. The summed E-state index contributed by atoms with van der Waals surface area (Å²) in [6, 6.07) is 5.28. The van der Waals surface area contributed by atoms with Crippen LogP contribution in [-0.2, 0) is 16.1 Å². The third kappa shape index (κ3) is 6.72. The van der Waals surface area contributed by atoms with Gasteiger partial charge in [-0.3, -0.25) is 4.79 Å². The van der Waals surface area contributed by atoms with Crippen molar-refractivity contribution in [3.8, 4) is 11.3 Å². The van der Waals surface area contributed by atoms with Gasteiger partial charge in [-0.25, -0.2) is 22.8 Å². The van der Waals surface area contributed by atoms with Gasteiger partial charge in [-0.15, -0.1) is 16.4 Å². The van der Waals surface area contributed by atoms with Crippen LogP contribution in [0, 0.1) is 17.5 Å². The molecule has 0 saturated carbocycles. The first-order chi connectivity index (χ1) is 20.6. The normalized spacial score (nSPS) is 22.1. The summed E-state index contributed by atoms with van der Waals surface area (Å²) in [5.41, 5.74) is 1.55. The van der Waals surface area contributed by atoms with Gasteiger partial charge in [-0.2, -0.15) is 0 Å². The fourth-order valence-corrected chi connectivity index (χ4v) is 6.60. The zero-order valence-electron chi connectivity index (χ0n) is 22.6. The lowest BCUT2D eigenvalue weighted by atomic mass is 9.97. The zero-order valence-corrected chi connectivity index (χ0v) is 25.0. The van der Waals surface area contributed by atoms with Crippen LogP contribution in [0.5, 0.6) is 0 Å². The van der Waals surface area contributed by atoms with Gasteiger partial charge >= 0.3 is 0 Å². The Bertz CT molecular complexity index is 1570. The van der Waals surface area contributed by atoms with Crippen molar-refractivity contribution in [1.29, 1.82) is 0 Å². The first kappa shape index (κ1) is 31.4. The summed E-state index contributed by atoms with van der Waals surface area (Å²) in [7, 11) is 3.22. The van der Waals surface area contributed by atoms with Crippen molar-refractivity contribution >= 4 is 40.6 Å². The predicted molar refractivity (Wildman–Crippen MR) is 152 cm³/mol. The molecular formula is C27H25ClF3N5O5S2. The van der Waals surface area contributed by atoms with E-state index in [1.54, 1.807) is 43.2 Å². The van der Waals surface area contributed by atoms with Crippen molar-refractivity contribution in [3.63, 3.8) is 0 Å². The van der Waals surface area contributed by atoms with E-state index in [0.29, 0.717) is 21.2 Å². The molecule has 3 heterocycles. The SMILES string of the molecule is CN(C)C(=O)c1ccc(Cl)cc1S[C@H]1OC(CO)[C@H](O)[C@H](n2cc(-c3cc(F)c(F)c(F)c3)nn2)C1OCc1cscn1. The van der Waals surface area contributed by atoms with Crippen LogP contribution < -0.4 is 0 Å². The van der Waals surface area contributed by atoms with Gasteiger partial charge in [-0.1, -0.05) is 28.6 Å². The number of carbonyl (C=O) groups is 1. The number of rotatable bonds is 9. The lowest BCUT2D eigenvalue weighted by Gasteiger charge is -2.43. The third-order valence-electron chi connectivity index (χ3n) is 6.65. The van der Waals surface area contributed by atoms with E-state index in [1.807, 2.05) is 0 Å². The summed E-state index contributed by atoms with van der Waals surface area (Å²) in [5, 5.41) is 31.7. The van der Waals surface area contributed by atoms with Gasteiger partial charge in [-0.05, 0) is 30.3 Å². The average molecular weight is 656 g/mol. The number of halogens is 4. The van der Waals surface area contributed by atoms with E-state index in [2.05, 4.69) is 15.3 Å². The molecule has 0 bridgehead atoms. The number of aromatic nitrogens is 4. The molecule has 0 radical (unpaired) electrons. The van der Waals surface area contributed by atoms with Crippen molar-refractivity contribution in [1.82, 2.24) is 24.9 Å². The number of thiazole rings is 1. The molecule has 5 rings (SSSR count). The average Bonchev–Trinajstić information content (AvgIpc) is 3.68. The van der Waals surface area contributed by atoms with Crippen molar-refractivity contribution in [3.05, 3.63) is 81.2 Å². The van der Waals surface area contributed by atoms with Gasteiger partial charge in [0, 0.05) is 35.0 Å². The van der Waals surface area contributed by atoms with E-state index in [0.717, 1.165) is 23.9 Å². The smallest absolute Gasteiger partial charge is 0.254 e. The van der Waals surface area contributed by atoms with Crippen LogP contribution >= 0.6 is 34.7 Å². The molecule has 5 atom stereocenters. The minimum Gasteiger partial charge on any atom is -0.394 e. The highest BCUT2D eigenvalue weighted by atomic mass is 35.5. The molecule has 2 aromatic carbocycles. The second kappa shape index (κ2) is 13.3. The van der Waals surface area contributed by atoms with Gasteiger partial charge in [0.05, 0.1) is 36.2 Å². The van der Waals surface area contributed by atoms with E-state index < -0.39 is 53.8 Å². The Morgan fingerprint density at radius 2 is 1.98 bits per heavy atom. The van der Waals surface area contributed by atoms with Crippen LogP contribution in [0.4, 0.5) is 13.2 Å². The molecule has 10 nitrogen and oxygen atoms in total. The number of hydrogen-bond donors (Lipinski definition) is 2. The molecule has 2 unspecified atom stereocenters. The topological polar surface area (TPSA) is 123 Å². The number of aliphatic hydroxyl groups is 2. The van der Waals surface area contributed by atoms with Gasteiger partial charge in [0.25, 0.3) is 5.91 Å². The molecule has 228 valence electrons. The zero-order chi connectivity index (χ0) is 30.8. The quantitative estimate of drug-likeness (QED) is 0.256. The highest BCUT2D eigenvalue weighted by Crippen LogP contribution is 2.42. The summed E-state index contributed by atoms with van der Waals surface area (Å²) in [5.74, 6) is -4.71. The Hall–Kier alpha value is -3.05. The monoisotopic (exact) mass is 655 g/mol. The van der Waals surface area contributed by atoms with Crippen LogP contribution in [0.3, 0.4) is 0 Å². The largest absolute Gasteiger partial charge is 0.394 e. The maximum Gasteiger partial charge on any atom is 0.254 e. The summed E-state index contributed by atoms with van der Waals surface area (Å²) < 4.78 is 55.1. The molecule has 0 spiro atoms. The minimum absolute atomic E-state index is 0.00629. The maximum atomic E-state index is 14.0. The second-order valence-corrected chi connectivity index (χ2v) is 12.1. The number of aliphatic hydroxyl groups excluding tert-OH is 2. The highest BCUT2D eigenvalue weighted by Gasteiger charge is 2.48. The molecule has 0 aliphatic carbocycles. The molecule has 2 aromatic heterocycles. The Morgan fingerprint density at radius 3 is 2.63 bits per heavy atom. The predicted octanol–water partition coefficient (Wildman–Crippen LogP) is 4.17. The molecule has 16 heteroatoms. The van der Waals surface area contributed by atoms with E-state index >= 15 is 0 Å². The van der Waals surface area contributed by atoms with E-state index in [9.17, 15) is 28.2 Å². The Balaban J connectivity index is 1.55. The first-order valence-corrected chi connectivity index (χ1v) is 14.9. The number of ether oxygens (including phenoxy) is 2. The van der Waals surface area contributed by atoms with Crippen LogP contribution in [0.2, 0.25) is 5.02 Å². The van der Waals surface area contributed by atoms with Crippen LogP contribution in [0.1, 0.15) is 22.1 Å². The molecule has 1 aliphatic rings. The van der Waals surface area contributed by atoms with Crippen LogP contribution in [0.25, 0.3) is 11.3 Å². The first-order valence-electron chi connectivity index (χ1n) is 12.7. The van der Waals surface area contributed by atoms with Crippen molar-refractivity contribution in [2.45, 2.75) is 41.3 Å². The van der Waals surface area contributed by atoms with E-state index in [-0.39, 0.29) is 23.8 Å². The number of benzene rings is 2. The highest BCUT2D eigenvalue weighted by molar-refractivity contribution is 8.00. The van der Waals surface area contributed by atoms with Crippen molar-refractivity contribution < 1.29 is 37.7 Å². The van der Waals surface area contributed by atoms with Gasteiger partial charge in [0.2, 0.25) is 0 Å². The number of nitrogens with zero attached hydrogens (tertiary/aromatic N) is 5. The number of thioether (sulfide) groups is 1. The minimum atomic E-state index is -1.62. The fourth-order valence-electron chi connectivity index (χ4n) is 4.52. The number of carbonyl (C=O) groups excluding carboxylic acids is 1. The van der Waals surface area contributed by atoms with Crippen molar-refractivity contribution in [2.75, 3.05) is 20.7 Å². The molecule has 1 aliphatic heterocycles.